The van der Waals surface area contributed by atoms with Crippen LogP contribution in [-0.4, -0.2) is 61.2 Å². The molecule has 0 amide bonds. The van der Waals surface area contributed by atoms with Gasteiger partial charge in [0.1, 0.15) is 5.75 Å². The molecule has 1 aromatic carbocycles. The summed E-state index contributed by atoms with van der Waals surface area (Å²) in [6.07, 6.45) is 4.57. The lowest BCUT2D eigenvalue weighted by molar-refractivity contribution is 0.153. The zero-order chi connectivity index (χ0) is 16.8. The highest BCUT2D eigenvalue weighted by Gasteiger charge is 2.13. The summed E-state index contributed by atoms with van der Waals surface area (Å²) in [7, 11) is 3.92. The lowest BCUT2D eigenvalue weighted by atomic mass is 10.2. The number of piperazine rings is 1. The van der Waals surface area contributed by atoms with E-state index in [1.165, 1.54) is 50.4 Å². The van der Waals surface area contributed by atoms with Crippen molar-refractivity contribution in [1.29, 1.82) is 0 Å². The normalized spacial score (nSPS) is 16.4. The fourth-order valence-corrected chi connectivity index (χ4v) is 3.31. The van der Waals surface area contributed by atoms with E-state index in [0.29, 0.717) is 0 Å². The molecule has 130 valence electrons. The summed E-state index contributed by atoms with van der Waals surface area (Å²) in [6.45, 7) is 6.97. The summed E-state index contributed by atoms with van der Waals surface area (Å²) >= 11 is 0. The molecular formula is C20H29N3O. The van der Waals surface area contributed by atoms with E-state index < -0.39 is 0 Å². The molecule has 1 fully saturated rings. The van der Waals surface area contributed by atoms with Crippen molar-refractivity contribution in [2.24, 2.45) is 0 Å². The van der Waals surface area contributed by atoms with Crippen LogP contribution in [0.4, 0.5) is 0 Å². The summed E-state index contributed by atoms with van der Waals surface area (Å²) in [4.78, 5) is 5.01. The number of nitrogens with zero attached hydrogens (tertiary/aromatic N) is 3. The largest absolute Gasteiger partial charge is 0.497 e. The second-order valence-electron chi connectivity index (χ2n) is 6.72. The Morgan fingerprint density at radius 2 is 1.75 bits per heavy atom. The van der Waals surface area contributed by atoms with Gasteiger partial charge in [0, 0.05) is 44.6 Å². The number of aryl methyl sites for hydroxylation is 1. The van der Waals surface area contributed by atoms with E-state index in [4.69, 9.17) is 4.74 Å². The number of ether oxygens (including phenoxy) is 1. The van der Waals surface area contributed by atoms with Gasteiger partial charge in [-0.15, -0.1) is 0 Å². The van der Waals surface area contributed by atoms with Gasteiger partial charge in [-0.1, -0.05) is 12.1 Å². The summed E-state index contributed by atoms with van der Waals surface area (Å²) in [5.41, 5.74) is 2.74. The van der Waals surface area contributed by atoms with Gasteiger partial charge in [-0.25, -0.2) is 0 Å². The number of hydrogen-bond acceptors (Lipinski definition) is 3. The van der Waals surface area contributed by atoms with E-state index in [-0.39, 0.29) is 0 Å². The zero-order valence-electron chi connectivity index (χ0n) is 14.9. The van der Waals surface area contributed by atoms with Crippen molar-refractivity contribution in [2.45, 2.75) is 19.4 Å². The molecule has 0 N–H and O–H groups in total. The molecule has 1 saturated heterocycles. The summed E-state index contributed by atoms with van der Waals surface area (Å²) in [5, 5.41) is 0. The van der Waals surface area contributed by atoms with Gasteiger partial charge < -0.3 is 19.1 Å². The molecule has 1 aromatic heterocycles. The molecule has 0 saturated carbocycles. The van der Waals surface area contributed by atoms with E-state index in [1.807, 2.05) is 12.1 Å². The first-order valence-corrected chi connectivity index (χ1v) is 8.92. The smallest absolute Gasteiger partial charge is 0.118 e. The molecule has 0 radical (unpaired) electrons. The van der Waals surface area contributed by atoms with E-state index in [2.05, 4.69) is 51.9 Å². The minimum atomic E-state index is 0.915. The first-order chi connectivity index (χ1) is 11.7. The Hall–Kier alpha value is -1.78. The Bertz CT molecular complexity index is 612. The second kappa shape index (κ2) is 8.36. The number of likely N-dealkylation sites (N-methyl/N-ethyl adjacent to an activating group) is 1. The van der Waals surface area contributed by atoms with Crippen molar-refractivity contribution in [3.63, 3.8) is 0 Å². The van der Waals surface area contributed by atoms with Crippen LogP contribution in [-0.2, 0) is 13.0 Å². The van der Waals surface area contributed by atoms with E-state index in [9.17, 15) is 0 Å². The Morgan fingerprint density at radius 1 is 1.00 bits per heavy atom. The molecular weight excluding hydrogens is 298 g/mol. The highest BCUT2D eigenvalue weighted by atomic mass is 16.5. The van der Waals surface area contributed by atoms with Crippen LogP contribution >= 0.6 is 0 Å². The highest BCUT2D eigenvalue weighted by molar-refractivity contribution is 5.27. The van der Waals surface area contributed by atoms with Crippen LogP contribution in [0.5, 0.6) is 5.75 Å². The van der Waals surface area contributed by atoms with Crippen LogP contribution in [0.3, 0.4) is 0 Å². The molecule has 24 heavy (non-hydrogen) atoms. The third kappa shape index (κ3) is 4.62. The predicted molar refractivity (Wildman–Crippen MR) is 98.8 cm³/mol. The van der Waals surface area contributed by atoms with Crippen LogP contribution in [0.1, 0.15) is 17.7 Å². The van der Waals surface area contributed by atoms with Crippen LogP contribution in [0.2, 0.25) is 0 Å². The minimum absolute atomic E-state index is 0.915. The Kier molecular flexibility index (Phi) is 5.94. The first-order valence-electron chi connectivity index (χ1n) is 8.92. The van der Waals surface area contributed by atoms with Gasteiger partial charge in [0.05, 0.1) is 7.11 Å². The van der Waals surface area contributed by atoms with E-state index >= 15 is 0 Å². The van der Waals surface area contributed by atoms with Crippen molar-refractivity contribution >= 4 is 0 Å². The lowest BCUT2D eigenvalue weighted by Crippen LogP contribution is -2.44. The number of hydrogen-bond donors (Lipinski definition) is 0. The molecule has 1 aliphatic heterocycles. The fourth-order valence-electron chi connectivity index (χ4n) is 3.31. The molecule has 4 nitrogen and oxygen atoms in total. The molecule has 4 heteroatoms. The predicted octanol–water partition coefficient (Wildman–Crippen LogP) is 2.73. The lowest BCUT2D eigenvalue weighted by Gasteiger charge is -2.32. The van der Waals surface area contributed by atoms with E-state index in [1.54, 1.807) is 7.11 Å². The van der Waals surface area contributed by atoms with E-state index in [0.717, 1.165) is 18.7 Å². The summed E-state index contributed by atoms with van der Waals surface area (Å²) in [6, 6.07) is 12.8. The molecule has 3 rings (SSSR count). The maximum absolute atomic E-state index is 5.23. The highest BCUT2D eigenvalue weighted by Crippen LogP contribution is 2.14. The third-order valence-electron chi connectivity index (χ3n) is 4.94. The Labute approximate surface area is 145 Å². The molecule has 0 aliphatic carbocycles. The zero-order valence-corrected chi connectivity index (χ0v) is 14.9. The topological polar surface area (TPSA) is 20.6 Å². The minimum Gasteiger partial charge on any atom is -0.497 e. The van der Waals surface area contributed by atoms with Gasteiger partial charge >= 0.3 is 0 Å². The van der Waals surface area contributed by atoms with Gasteiger partial charge in [0.2, 0.25) is 0 Å². The molecule has 0 spiro atoms. The summed E-state index contributed by atoms with van der Waals surface area (Å²) in [5.74, 6) is 0.915. The first kappa shape index (κ1) is 17.1. The SMILES string of the molecule is COc1ccc(Cn2cccc2CCCN2CCN(C)CC2)cc1. The van der Waals surface area contributed by atoms with Gasteiger partial charge in [0.15, 0.2) is 0 Å². The number of rotatable bonds is 7. The monoisotopic (exact) mass is 327 g/mol. The Morgan fingerprint density at radius 3 is 2.46 bits per heavy atom. The fraction of sp³-hybridized carbons (Fsp3) is 0.500. The van der Waals surface area contributed by atoms with Crippen molar-refractivity contribution in [2.75, 3.05) is 46.9 Å². The van der Waals surface area contributed by atoms with Crippen LogP contribution in [0.25, 0.3) is 0 Å². The summed E-state index contributed by atoms with van der Waals surface area (Å²) < 4.78 is 7.60. The molecule has 0 unspecified atom stereocenters. The van der Waals surface area contributed by atoms with Crippen molar-refractivity contribution < 1.29 is 4.74 Å². The Balaban J connectivity index is 1.49. The van der Waals surface area contributed by atoms with Crippen LogP contribution in [0, 0.1) is 0 Å². The van der Waals surface area contributed by atoms with Crippen molar-refractivity contribution in [3.8, 4) is 5.75 Å². The maximum Gasteiger partial charge on any atom is 0.118 e. The van der Waals surface area contributed by atoms with Gasteiger partial charge in [-0.3, -0.25) is 0 Å². The quantitative estimate of drug-likeness (QED) is 0.780. The molecule has 2 heterocycles. The molecule has 2 aromatic rings. The van der Waals surface area contributed by atoms with Crippen molar-refractivity contribution in [3.05, 3.63) is 53.9 Å². The van der Waals surface area contributed by atoms with Crippen LogP contribution in [0.15, 0.2) is 42.6 Å². The maximum atomic E-state index is 5.23. The standard InChI is InChI=1S/C20H29N3O/c1-21-13-15-22(16-14-21)11-3-5-19-6-4-12-23(19)17-18-7-9-20(24-2)10-8-18/h4,6-10,12H,3,5,11,13-17H2,1-2H3. The third-order valence-corrected chi connectivity index (χ3v) is 4.94. The second-order valence-corrected chi connectivity index (χ2v) is 6.72. The average molecular weight is 327 g/mol. The molecule has 0 atom stereocenters. The van der Waals surface area contributed by atoms with Crippen molar-refractivity contribution in [1.82, 2.24) is 14.4 Å². The van der Waals surface area contributed by atoms with Crippen LogP contribution < -0.4 is 4.74 Å². The average Bonchev–Trinajstić information content (AvgIpc) is 3.04. The van der Waals surface area contributed by atoms with Gasteiger partial charge in [-0.2, -0.15) is 0 Å². The van der Waals surface area contributed by atoms with Gasteiger partial charge in [0.25, 0.3) is 0 Å². The molecule has 1 aliphatic rings. The number of benzene rings is 1. The van der Waals surface area contributed by atoms with Gasteiger partial charge in [-0.05, 0) is 56.3 Å². The number of aromatic nitrogens is 1. The molecule has 0 bridgehead atoms. The number of methoxy groups -OCH3 is 1.